The Labute approximate surface area is 309 Å². The van der Waals surface area contributed by atoms with E-state index in [1.807, 2.05) is 24.3 Å². The summed E-state index contributed by atoms with van der Waals surface area (Å²) in [6, 6.07) is 61.7. The second-order valence-corrected chi connectivity index (χ2v) is 19.2. The number of hydrogen-bond donors (Lipinski definition) is 0. The van der Waals surface area contributed by atoms with Crippen molar-refractivity contribution in [3.05, 3.63) is 170 Å². The third-order valence-corrected chi connectivity index (χ3v) is 15.0. The van der Waals surface area contributed by atoms with Crippen LogP contribution in [0.3, 0.4) is 0 Å². The summed E-state index contributed by atoms with van der Waals surface area (Å²) in [5.41, 5.74) is 10.1. The summed E-state index contributed by atoms with van der Waals surface area (Å²) >= 11 is 0. The van der Waals surface area contributed by atoms with Gasteiger partial charge in [-0.05, 0) is 111 Å². The van der Waals surface area contributed by atoms with Crippen molar-refractivity contribution in [3.8, 4) is 67.5 Å². The molecule has 0 aliphatic carbocycles. The van der Waals surface area contributed by atoms with Crippen LogP contribution in [0.5, 0.6) is 23.0 Å². The van der Waals surface area contributed by atoms with Crippen molar-refractivity contribution in [2.75, 3.05) is 0 Å². The molecule has 0 unspecified atom stereocenters. The number of ether oxygens (including phenoxy) is 2. The van der Waals surface area contributed by atoms with Gasteiger partial charge in [0.15, 0.2) is 23.0 Å². The SMILES string of the molecule is C[Si]1(C)c2ccccc2-c2ccc(-c3c4ccccc4c(-c4ccc(-c5ccc6c(c5)Oc5cc7ccccc7cc5O6)cc4)c4ccccc34)cc21. The Morgan fingerprint density at radius 1 is 0.340 bits per heavy atom. The summed E-state index contributed by atoms with van der Waals surface area (Å²) in [6.45, 7) is 4.99. The van der Waals surface area contributed by atoms with Crippen LogP contribution in [0.15, 0.2) is 170 Å². The number of fused-ring (bicyclic) bond motifs is 8. The molecule has 0 N–H and O–H groups in total. The summed E-state index contributed by atoms with van der Waals surface area (Å²) in [7, 11) is -1.83. The van der Waals surface area contributed by atoms with Gasteiger partial charge in [0.05, 0.1) is 0 Å². The Bertz CT molecular complexity index is 2920. The monoisotopic (exact) mass is 694 g/mol. The number of hydrogen-bond acceptors (Lipinski definition) is 2. The fourth-order valence-corrected chi connectivity index (χ4v) is 12.0. The van der Waals surface area contributed by atoms with Gasteiger partial charge in [0.1, 0.15) is 8.07 Å². The van der Waals surface area contributed by atoms with Crippen molar-refractivity contribution < 1.29 is 9.47 Å². The van der Waals surface area contributed by atoms with Gasteiger partial charge in [-0.2, -0.15) is 0 Å². The first-order valence-corrected chi connectivity index (χ1v) is 21.3. The molecule has 53 heavy (non-hydrogen) atoms. The molecule has 250 valence electrons. The number of rotatable bonds is 3. The van der Waals surface area contributed by atoms with Crippen molar-refractivity contribution in [2.24, 2.45) is 0 Å². The average Bonchev–Trinajstić information content (AvgIpc) is 3.43. The van der Waals surface area contributed by atoms with Crippen LogP contribution in [0, 0.1) is 0 Å². The molecule has 2 heterocycles. The molecule has 2 nitrogen and oxygen atoms in total. The molecule has 9 aromatic rings. The third-order valence-electron chi connectivity index (χ3n) is 11.5. The van der Waals surface area contributed by atoms with Crippen molar-refractivity contribution >= 4 is 50.8 Å². The van der Waals surface area contributed by atoms with Crippen LogP contribution in [-0.2, 0) is 0 Å². The van der Waals surface area contributed by atoms with Crippen molar-refractivity contribution in [3.63, 3.8) is 0 Å². The first kappa shape index (κ1) is 30.2. The summed E-state index contributed by atoms with van der Waals surface area (Å²) in [5, 5.41) is 10.4. The Morgan fingerprint density at radius 2 is 0.811 bits per heavy atom. The van der Waals surface area contributed by atoms with Gasteiger partial charge in [-0.1, -0.05) is 159 Å². The quantitative estimate of drug-likeness (QED) is 0.135. The van der Waals surface area contributed by atoms with Crippen molar-refractivity contribution in [1.82, 2.24) is 0 Å². The van der Waals surface area contributed by atoms with E-state index in [1.54, 1.807) is 0 Å². The minimum atomic E-state index is -1.83. The second-order valence-electron chi connectivity index (χ2n) is 14.9. The van der Waals surface area contributed by atoms with Crippen LogP contribution in [0.2, 0.25) is 13.1 Å². The topological polar surface area (TPSA) is 18.5 Å². The highest BCUT2D eigenvalue weighted by Gasteiger charge is 2.37. The van der Waals surface area contributed by atoms with E-state index >= 15 is 0 Å². The average molecular weight is 695 g/mol. The van der Waals surface area contributed by atoms with Gasteiger partial charge in [-0.25, -0.2) is 0 Å². The van der Waals surface area contributed by atoms with Gasteiger partial charge in [-0.3, -0.25) is 0 Å². The highest BCUT2D eigenvalue weighted by Crippen LogP contribution is 2.49. The zero-order valence-electron chi connectivity index (χ0n) is 29.5. The maximum atomic E-state index is 6.41. The van der Waals surface area contributed by atoms with E-state index in [9.17, 15) is 0 Å². The number of benzene rings is 9. The van der Waals surface area contributed by atoms with Gasteiger partial charge < -0.3 is 9.47 Å². The van der Waals surface area contributed by atoms with Gasteiger partial charge in [0.25, 0.3) is 0 Å². The summed E-state index contributed by atoms with van der Waals surface area (Å²) in [4.78, 5) is 0. The highest BCUT2D eigenvalue weighted by atomic mass is 28.3. The molecule has 0 saturated carbocycles. The minimum absolute atomic E-state index is 0.725. The lowest BCUT2D eigenvalue weighted by Gasteiger charge is -2.22. The van der Waals surface area contributed by atoms with E-state index in [0.29, 0.717) is 0 Å². The molecule has 0 aromatic heterocycles. The van der Waals surface area contributed by atoms with Crippen LogP contribution in [0.1, 0.15) is 0 Å². The molecule has 11 rings (SSSR count). The molecule has 2 aliphatic rings. The van der Waals surface area contributed by atoms with Crippen LogP contribution >= 0.6 is 0 Å². The summed E-state index contributed by atoms with van der Waals surface area (Å²) in [6.07, 6.45) is 0. The zero-order chi connectivity index (χ0) is 35.3. The summed E-state index contributed by atoms with van der Waals surface area (Å²) < 4.78 is 12.7. The maximum Gasteiger partial charge on any atom is 0.170 e. The van der Waals surface area contributed by atoms with Crippen molar-refractivity contribution in [2.45, 2.75) is 13.1 Å². The van der Waals surface area contributed by atoms with E-state index in [1.165, 1.54) is 65.3 Å². The molecule has 2 aliphatic heterocycles. The molecule has 0 spiro atoms. The Balaban J connectivity index is 1.00. The molecule has 0 atom stereocenters. The van der Waals surface area contributed by atoms with Gasteiger partial charge in [0, 0.05) is 0 Å². The predicted octanol–water partition coefficient (Wildman–Crippen LogP) is 12.8. The third kappa shape index (κ3) is 4.57. The molecule has 0 saturated heterocycles. The first-order chi connectivity index (χ1) is 26.0. The van der Waals surface area contributed by atoms with E-state index < -0.39 is 8.07 Å². The lowest BCUT2D eigenvalue weighted by molar-refractivity contribution is 0.360. The van der Waals surface area contributed by atoms with Crippen LogP contribution in [0.4, 0.5) is 0 Å². The summed E-state index contributed by atoms with van der Waals surface area (Å²) in [5.74, 6) is 2.93. The van der Waals surface area contributed by atoms with Gasteiger partial charge >= 0.3 is 0 Å². The van der Waals surface area contributed by atoms with Crippen molar-refractivity contribution in [1.29, 1.82) is 0 Å². The molecule has 0 fully saturated rings. The van der Waals surface area contributed by atoms with Crippen LogP contribution < -0.4 is 19.8 Å². The van der Waals surface area contributed by atoms with E-state index in [4.69, 9.17) is 9.47 Å². The fourth-order valence-electron chi connectivity index (χ4n) is 8.89. The molecule has 0 amide bonds. The van der Waals surface area contributed by atoms with E-state index in [-0.39, 0.29) is 0 Å². The molecule has 0 radical (unpaired) electrons. The largest absolute Gasteiger partial charge is 0.449 e. The zero-order valence-corrected chi connectivity index (χ0v) is 30.5. The predicted molar refractivity (Wildman–Crippen MR) is 224 cm³/mol. The molecule has 9 aromatic carbocycles. The fraction of sp³-hybridized carbons (Fsp3) is 0.0400. The van der Waals surface area contributed by atoms with E-state index in [2.05, 4.69) is 159 Å². The smallest absolute Gasteiger partial charge is 0.170 e. The molecular formula is C50H34O2Si. The Morgan fingerprint density at radius 3 is 1.47 bits per heavy atom. The lowest BCUT2D eigenvalue weighted by Crippen LogP contribution is -2.49. The lowest BCUT2D eigenvalue weighted by atomic mass is 9.85. The van der Waals surface area contributed by atoms with Gasteiger partial charge in [-0.15, -0.1) is 0 Å². The van der Waals surface area contributed by atoms with Crippen LogP contribution in [0.25, 0.3) is 76.8 Å². The van der Waals surface area contributed by atoms with Gasteiger partial charge in [0.2, 0.25) is 0 Å². The highest BCUT2D eigenvalue weighted by molar-refractivity contribution is 7.03. The first-order valence-electron chi connectivity index (χ1n) is 18.3. The molecular weight excluding hydrogens is 661 g/mol. The van der Waals surface area contributed by atoms with E-state index in [0.717, 1.165) is 44.9 Å². The maximum absolute atomic E-state index is 6.41. The minimum Gasteiger partial charge on any atom is -0.449 e. The Kier molecular flexibility index (Phi) is 6.44. The normalized spacial score (nSPS) is 13.5. The standard InChI is InChI=1S/C50H34O2Si/c1-53(2)47-18-10-9-13-37(47)38-25-23-36(30-48(38)53)50-41-16-7-5-14-39(41)49(40-15-6-8-17-42(40)50)32-21-19-31(20-22-32)35-24-26-43-44(29-35)52-46-28-34-12-4-3-11-33(34)27-45(46)51-43/h3-30H,1-2H3. The second kappa shape index (κ2) is 11.3. The van der Waals surface area contributed by atoms with Crippen LogP contribution in [-0.4, -0.2) is 8.07 Å². The molecule has 3 heteroatoms. The molecule has 0 bridgehead atoms. The Hall–Kier alpha value is -6.42.